The van der Waals surface area contributed by atoms with Crippen molar-refractivity contribution in [1.82, 2.24) is 0 Å². The summed E-state index contributed by atoms with van der Waals surface area (Å²) in [7, 11) is 3.00. The van der Waals surface area contributed by atoms with Gasteiger partial charge in [0.1, 0.15) is 5.75 Å². The van der Waals surface area contributed by atoms with E-state index < -0.39 is 5.97 Å². The van der Waals surface area contributed by atoms with Crippen molar-refractivity contribution in [1.29, 1.82) is 0 Å². The molecule has 27 heavy (non-hydrogen) atoms. The van der Waals surface area contributed by atoms with Crippen LogP contribution in [0.5, 0.6) is 17.2 Å². The molecule has 0 saturated carbocycles. The van der Waals surface area contributed by atoms with Crippen molar-refractivity contribution in [3.8, 4) is 17.2 Å². The van der Waals surface area contributed by atoms with Gasteiger partial charge in [-0.3, -0.25) is 4.79 Å². The van der Waals surface area contributed by atoms with E-state index in [4.69, 9.17) is 14.2 Å². The summed E-state index contributed by atoms with van der Waals surface area (Å²) in [6.07, 6.45) is 2.75. The fourth-order valence-electron chi connectivity index (χ4n) is 2.56. The highest BCUT2D eigenvalue weighted by atomic mass is 16.5. The number of rotatable bonds is 9. The molecule has 2 rings (SSSR count). The van der Waals surface area contributed by atoms with E-state index in [0.29, 0.717) is 35.0 Å². The van der Waals surface area contributed by atoms with Crippen LogP contribution in [0.2, 0.25) is 0 Å². The Hall–Kier alpha value is -3.28. The van der Waals surface area contributed by atoms with Gasteiger partial charge in [-0.2, -0.15) is 0 Å². The second kappa shape index (κ2) is 9.43. The predicted molar refractivity (Wildman–Crippen MR) is 99.2 cm³/mol. The SMILES string of the molecule is CCOc1cc(/C=C/C(=O)c2ccc(OC)c(CC(=O)[O-])c2)ccc1OC. The summed E-state index contributed by atoms with van der Waals surface area (Å²) in [6.45, 7) is 2.37. The maximum absolute atomic E-state index is 12.4. The highest BCUT2D eigenvalue weighted by Crippen LogP contribution is 2.28. The summed E-state index contributed by atoms with van der Waals surface area (Å²) >= 11 is 0. The molecule has 0 bridgehead atoms. The number of carbonyl (C=O) groups is 2. The monoisotopic (exact) mass is 369 g/mol. The molecule has 0 aliphatic heterocycles. The molecule has 0 atom stereocenters. The lowest BCUT2D eigenvalue weighted by Crippen LogP contribution is -2.24. The molecule has 0 N–H and O–H groups in total. The van der Waals surface area contributed by atoms with E-state index in [0.717, 1.165) is 5.56 Å². The van der Waals surface area contributed by atoms with Gasteiger partial charge in [-0.05, 0) is 48.9 Å². The number of carbonyl (C=O) groups excluding carboxylic acids is 2. The van der Waals surface area contributed by atoms with E-state index in [1.54, 1.807) is 43.5 Å². The zero-order valence-corrected chi connectivity index (χ0v) is 15.5. The average Bonchev–Trinajstić information content (AvgIpc) is 2.66. The molecular weight excluding hydrogens is 348 g/mol. The van der Waals surface area contributed by atoms with Gasteiger partial charge in [-0.25, -0.2) is 0 Å². The highest BCUT2D eigenvalue weighted by Gasteiger charge is 2.09. The predicted octanol–water partition coefficient (Wildman–Crippen LogP) is 2.29. The van der Waals surface area contributed by atoms with Gasteiger partial charge >= 0.3 is 0 Å². The lowest BCUT2D eigenvalue weighted by Gasteiger charge is -2.10. The minimum absolute atomic E-state index is 0.258. The second-order valence-corrected chi connectivity index (χ2v) is 5.62. The lowest BCUT2D eigenvalue weighted by molar-refractivity contribution is -0.304. The van der Waals surface area contributed by atoms with Gasteiger partial charge in [-0.15, -0.1) is 0 Å². The minimum atomic E-state index is -1.24. The molecule has 2 aromatic rings. The van der Waals surface area contributed by atoms with Crippen LogP contribution in [0.3, 0.4) is 0 Å². The van der Waals surface area contributed by atoms with Crippen LogP contribution >= 0.6 is 0 Å². The fraction of sp³-hybridized carbons (Fsp3) is 0.238. The largest absolute Gasteiger partial charge is 0.550 e. The number of carboxylic acids is 1. The lowest BCUT2D eigenvalue weighted by atomic mass is 10.0. The van der Waals surface area contributed by atoms with E-state index in [1.165, 1.54) is 19.3 Å². The maximum atomic E-state index is 12.4. The second-order valence-electron chi connectivity index (χ2n) is 5.62. The van der Waals surface area contributed by atoms with Crippen LogP contribution in [0.1, 0.15) is 28.4 Å². The first kappa shape index (κ1) is 20.0. The first-order chi connectivity index (χ1) is 13.0. The molecule has 6 nitrogen and oxygen atoms in total. The Morgan fingerprint density at radius 2 is 1.70 bits per heavy atom. The molecular formula is C21H21O6-. The van der Waals surface area contributed by atoms with Crippen molar-refractivity contribution in [3.63, 3.8) is 0 Å². The van der Waals surface area contributed by atoms with E-state index in [2.05, 4.69) is 0 Å². The molecule has 0 saturated heterocycles. The topological polar surface area (TPSA) is 84.9 Å². The number of ether oxygens (including phenoxy) is 3. The van der Waals surface area contributed by atoms with Gasteiger partial charge in [0.2, 0.25) is 0 Å². The number of benzene rings is 2. The Balaban J connectivity index is 2.23. The molecule has 6 heteroatoms. The summed E-state index contributed by atoms with van der Waals surface area (Å²) < 4.78 is 15.9. The van der Waals surface area contributed by atoms with Gasteiger partial charge in [0.05, 0.1) is 20.8 Å². The quantitative estimate of drug-likeness (QED) is 0.498. The number of methoxy groups -OCH3 is 2. The molecule has 0 aliphatic rings. The molecule has 2 aromatic carbocycles. The highest BCUT2D eigenvalue weighted by molar-refractivity contribution is 6.07. The van der Waals surface area contributed by atoms with Crippen molar-refractivity contribution in [3.05, 3.63) is 59.2 Å². The number of aliphatic carboxylic acids is 1. The number of carboxylic acid groups (broad SMARTS) is 1. The first-order valence-corrected chi connectivity index (χ1v) is 8.38. The standard InChI is InChI=1S/C21H22O6/c1-4-27-20-11-14(6-9-19(20)26-3)5-8-17(22)15-7-10-18(25-2)16(12-15)13-21(23)24/h5-12H,4,13H2,1-3H3,(H,23,24)/p-1/b8-5+. The van der Waals surface area contributed by atoms with Crippen LogP contribution in [-0.4, -0.2) is 32.6 Å². The van der Waals surface area contributed by atoms with Crippen LogP contribution in [0.4, 0.5) is 0 Å². The van der Waals surface area contributed by atoms with Crippen molar-refractivity contribution < 1.29 is 28.9 Å². The van der Waals surface area contributed by atoms with E-state index >= 15 is 0 Å². The van der Waals surface area contributed by atoms with Crippen LogP contribution in [-0.2, 0) is 11.2 Å². The Morgan fingerprint density at radius 1 is 1.00 bits per heavy atom. The first-order valence-electron chi connectivity index (χ1n) is 8.38. The van der Waals surface area contributed by atoms with Gasteiger partial charge < -0.3 is 24.1 Å². The van der Waals surface area contributed by atoms with E-state index in [1.807, 2.05) is 6.92 Å². The smallest absolute Gasteiger partial charge is 0.185 e. The van der Waals surface area contributed by atoms with Gasteiger partial charge in [0, 0.05) is 23.5 Å². The van der Waals surface area contributed by atoms with Crippen molar-refractivity contribution in [2.45, 2.75) is 13.3 Å². The Bertz CT molecular complexity index is 854. The van der Waals surface area contributed by atoms with Crippen LogP contribution in [0.15, 0.2) is 42.5 Å². The number of ketones is 1. The average molecular weight is 369 g/mol. The maximum Gasteiger partial charge on any atom is 0.185 e. The van der Waals surface area contributed by atoms with Crippen LogP contribution in [0.25, 0.3) is 6.08 Å². The summed E-state index contributed by atoms with van der Waals surface area (Å²) in [5, 5.41) is 10.9. The zero-order chi connectivity index (χ0) is 19.8. The van der Waals surface area contributed by atoms with E-state index in [9.17, 15) is 14.7 Å². The fourth-order valence-corrected chi connectivity index (χ4v) is 2.56. The van der Waals surface area contributed by atoms with Gasteiger partial charge in [0.15, 0.2) is 17.3 Å². The third-order valence-electron chi connectivity index (χ3n) is 3.81. The molecule has 0 heterocycles. The molecule has 142 valence electrons. The number of allylic oxidation sites excluding steroid dienone is 1. The molecule has 0 aliphatic carbocycles. The number of hydrogen-bond donors (Lipinski definition) is 0. The molecule has 0 fully saturated rings. The Morgan fingerprint density at radius 3 is 2.33 bits per heavy atom. The summed E-state index contributed by atoms with van der Waals surface area (Å²) in [6, 6.07) is 10.0. The van der Waals surface area contributed by atoms with Crippen LogP contribution < -0.4 is 19.3 Å². The van der Waals surface area contributed by atoms with Crippen molar-refractivity contribution in [2.24, 2.45) is 0 Å². The molecule has 0 spiro atoms. The molecule has 0 amide bonds. The normalized spacial score (nSPS) is 10.6. The minimum Gasteiger partial charge on any atom is -0.550 e. The molecule has 0 radical (unpaired) electrons. The van der Waals surface area contributed by atoms with E-state index in [-0.39, 0.29) is 12.2 Å². The molecule has 0 unspecified atom stereocenters. The zero-order valence-electron chi connectivity index (χ0n) is 15.5. The van der Waals surface area contributed by atoms with Crippen molar-refractivity contribution >= 4 is 17.8 Å². The third kappa shape index (κ3) is 5.34. The molecule has 0 aromatic heterocycles. The summed E-state index contributed by atoms with van der Waals surface area (Å²) in [4.78, 5) is 23.3. The van der Waals surface area contributed by atoms with Crippen molar-refractivity contribution in [2.75, 3.05) is 20.8 Å². The Kier molecular flexibility index (Phi) is 7.00. The third-order valence-corrected chi connectivity index (χ3v) is 3.81. The number of hydrogen-bond acceptors (Lipinski definition) is 6. The Labute approximate surface area is 158 Å². The van der Waals surface area contributed by atoms with Gasteiger partial charge in [0.25, 0.3) is 0 Å². The van der Waals surface area contributed by atoms with Gasteiger partial charge in [-0.1, -0.05) is 12.1 Å². The summed E-state index contributed by atoms with van der Waals surface area (Å²) in [5.74, 6) is 0.107. The summed E-state index contributed by atoms with van der Waals surface area (Å²) in [5.41, 5.74) is 1.53. The van der Waals surface area contributed by atoms with Crippen LogP contribution in [0, 0.1) is 0 Å².